The van der Waals surface area contributed by atoms with Gasteiger partial charge in [-0.1, -0.05) is 18.2 Å². The maximum absolute atomic E-state index is 12.8. The lowest BCUT2D eigenvalue weighted by atomic mass is 9.89. The second-order valence-corrected chi connectivity index (χ2v) is 9.05. The van der Waals surface area contributed by atoms with Crippen LogP contribution in [0.4, 0.5) is 13.2 Å². The molecule has 2 atom stereocenters. The number of hydrogen-bond donors (Lipinski definition) is 1. The summed E-state index contributed by atoms with van der Waals surface area (Å²) in [6.07, 6.45) is -2.22. The summed E-state index contributed by atoms with van der Waals surface area (Å²) >= 11 is 0. The third-order valence-electron chi connectivity index (χ3n) is 6.51. The fourth-order valence-corrected chi connectivity index (χ4v) is 4.63. The number of halogens is 3. The molecule has 0 aromatic heterocycles. The molecule has 2 aliphatic heterocycles. The number of alkyl halides is 3. The Morgan fingerprint density at radius 2 is 1.68 bits per heavy atom. The van der Waals surface area contributed by atoms with Crippen molar-refractivity contribution in [2.24, 2.45) is 5.92 Å². The largest absolute Gasteiger partial charge is 0.486 e. The molecule has 0 saturated carbocycles. The van der Waals surface area contributed by atoms with Gasteiger partial charge in [-0.3, -0.25) is 4.79 Å². The SMILES string of the molecule is O=C(CCc1ccc(C(F)(F)F)cc1)C[C@H](CN1CCCC1)[C@H](O)c1ccc2c(c1)OCCO2. The van der Waals surface area contributed by atoms with Crippen LogP contribution >= 0.6 is 0 Å². The summed E-state index contributed by atoms with van der Waals surface area (Å²) in [6, 6.07) is 10.3. The fourth-order valence-electron chi connectivity index (χ4n) is 4.63. The summed E-state index contributed by atoms with van der Waals surface area (Å²) < 4.78 is 49.5. The van der Waals surface area contributed by atoms with E-state index in [-0.39, 0.29) is 24.5 Å². The van der Waals surface area contributed by atoms with E-state index in [4.69, 9.17) is 9.47 Å². The second-order valence-electron chi connectivity index (χ2n) is 9.05. The molecule has 184 valence electrons. The van der Waals surface area contributed by atoms with E-state index in [1.54, 1.807) is 12.1 Å². The Labute approximate surface area is 197 Å². The fraction of sp³-hybridized carbons (Fsp3) is 0.500. The van der Waals surface area contributed by atoms with Gasteiger partial charge in [0.05, 0.1) is 11.7 Å². The molecule has 0 radical (unpaired) electrons. The number of benzene rings is 2. The van der Waals surface area contributed by atoms with Crippen molar-refractivity contribution in [2.75, 3.05) is 32.8 Å². The molecule has 0 bridgehead atoms. The van der Waals surface area contributed by atoms with Crippen LogP contribution in [0, 0.1) is 5.92 Å². The number of ketones is 1. The number of aliphatic hydroxyl groups excluding tert-OH is 1. The number of likely N-dealkylation sites (tertiary alicyclic amines) is 1. The van der Waals surface area contributed by atoms with E-state index in [2.05, 4.69) is 4.90 Å². The molecular weight excluding hydrogens is 447 g/mol. The number of fused-ring (bicyclic) bond motifs is 1. The van der Waals surface area contributed by atoms with Gasteiger partial charge in [0.2, 0.25) is 0 Å². The van der Waals surface area contributed by atoms with Gasteiger partial charge in [-0.2, -0.15) is 13.2 Å². The Balaban J connectivity index is 1.40. The standard InChI is InChI=1S/C26H30F3NO4/c27-26(28,29)21-7-3-18(4-8-21)5-9-22(31)15-20(17-30-11-1-2-12-30)25(32)19-6-10-23-24(16-19)34-14-13-33-23/h3-4,6-8,10,16,20,25,32H,1-2,5,9,11-15,17H2/t20-,25-/m1/s1. The molecule has 2 aliphatic rings. The van der Waals surface area contributed by atoms with Crippen LogP contribution in [0.1, 0.15) is 48.5 Å². The van der Waals surface area contributed by atoms with E-state index >= 15 is 0 Å². The monoisotopic (exact) mass is 477 g/mol. The number of aryl methyl sites for hydroxylation is 1. The first-order chi connectivity index (χ1) is 16.3. The zero-order chi connectivity index (χ0) is 24.1. The minimum atomic E-state index is -4.37. The number of hydrogen-bond acceptors (Lipinski definition) is 5. The highest BCUT2D eigenvalue weighted by Crippen LogP contribution is 2.36. The highest BCUT2D eigenvalue weighted by Gasteiger charge is 2.30. The molecule has 2 aromatic carbocycles. The second kappa shape index (κ2) is 10.8. The molecule has 8 heteroatoms. The predicted octanol–water partition coefficient (Wildman–Crippen LogP) is 4.81. The van der Waals surface area contributed by atoms with E-state index in [0.717, 1.165) is 38.1 Å². The zero-order valence-corrected chi connectivity index (χ0v) is 19.0. The Morgan fingerprint density at radius 3 is 2.35 bits per heavy atom. The van der Waals surface area contributed by atoms with Crippen molar-refractivity contribution in [3.63, 3.8) is 0 Å². The summed E-state index contributed by atoms with van der Waals surface area (Å²) in [6.45, 7) is 3.45. The van der Waals surface area contributed by atoms with Crippen LogP contribution in [0.2, 0.25) is 0 Å². The van der Waals surface area contributed by atoms with Crippen LogP contribution in [0.3, 0.4) is 0 Å². The molecule has 0 unspecified atom stereocenters. The number of ether oxygens (including phenoxy) is 2. The van der Waals surface area contributed by atoms with Crippen molar-refractivity contribution >= 4 is 5.78 Å². The molecule has 1 fully saturated rings. The van der Waals surface area contributed by atoms with E-state index in [1.807, 2.05) is 6.07 Å². The predicted molar refractivity (Wildman–Crippen MR) is 121 cm³/mol. The van der Waals surface area contributed by atoms with Gasteiger partial charge in [0.25, 0.3) is 0 Å². The van der Waals surface area contributed by atoms with Crippen molar-refractivity contribution in [1.29, 1.82) is 0 Å². The lowest BCUT2D eigenvalue weighted by Crippen LogP contribution is -2.32. The molecule has 4 rings (SSSR count). The summed E-state index contributed by atoms with van der Waals surface area (Å²) in [4.78, 5) is 15.1. The highest BCUT2D eigenvalue weighted by atomic mass is 19.4. The van der Waals surface area contributed by atoms with Crippen LogP contribution in [0.25, 0.3) is 0 Å². The van der Waals surface area contributed by atoms with Gasteiger partial charge in [0.1, 0.15) is 19.0 Å². The molecule has 2 heterocycles. The Hall–Kier alpha value is -2.58. The molecule has 0 amide bonds. The lowest BCUT2D eigenvalue weighted by molar-refractivity contribution is -0.137. The van der Waals surface area contributed by atoms with E-state index in [0.29, 0.717) is 48.8 Å². The number of rotatable bonds is 9. The minimum absolute atomic E-state index is 0.0133. The quantitative estimate of drug-likeness (QED) is 0.562. The summed E-state index contributed by atoms with van der Waals surface area (Å²) in [7, 11) is 0. The van der Waals surface area contributed by atoms with Crippen LogP contribution in [0.5, 0.6) is 11.5 Å². The van der Waals surface area contributed by atoms with E-state index in [9.17, 15) is 23.1 Å². The Kier molecular flexibility index (Phi) is 7.78. The molecule has 0 spiro atoms. The Morgan fingerprint density at radius 1 is 1.00 bits per heavy atom. The van der Waals surface area contributed by atoms with Crippen LogP contribution in [0.15, 0.2) is 42.5 Å². The third-order valence-corrected chi connectivity index (χ3v) is 6.51. The van der Waals surface area contributed by atoms with Gasteiger partial charge in [-0.15, -0.1) is 0 Å². The number of Topliss-reactive ketones (excluding diaryl/α,β-unsaturated/α-hetero) is 1. The molecule has 0 aliphatic carbocycles. The molecular formula is C26H30F3NO4. The number of nitrogens with zero attached hydrogens (tertiary/aromatic N) is 1. The minimum Gasteiger partial charge on any atom is -0.486 e. The van der Waals surface area contributed by atoms with Gasteiger partial charge >= 0.3 is 6.18 Å². The maximum atomic E-state index is 12.8. The third kappa shape index (κ3) is 6.30. The smallest absolute Gasteiger partial charge is 0.416 e. The molecule has 1 N–H and O–H groups in total. The lowest BCUT2D eigenvalue weighted by Gasteiger charge is -2.28. The van der Waals surface area contributed by atoms with Gasteiger partial charge in [-0.05, 0) is 67.7 Å². The van der Waals surface area contributed by atoms with Gasteiger partial charge in [0.15, 0.2) is 11.5 Å². The van der Waals surface area contributed by atoms with Crippen molar-refractivity contribution < 1.29 is 32.5 Å². The molecule has 5 nitrogen and oxygen atoms in total. The van der Waals surface area contributed by atoms with Crippen LogP contribution in [-0.4, -0.2) is 48.6 Å². The zero-order valence-electron chi connectivity index (χ0n) is 19.0. The number of carbonyl (C=O) groups is 1. The highest BCUT2D eigenvalue weighted by molar-refractivity contribution is 5.79. The van der Waals surface area contributed by atoms with Crippen molar-refractivity contribution in [2.45, 2.75) is 44.4 Å². The first kappa shape index (κ1) is 24.5. The number of carbonyl (C=O) groups excluding carboxylic acids is 1. The normalized spacial score (nSPS) is 18.0. The average molecular weight is 478 g/mol. The van der Waals surface area contributed by atoms with Crippen molar-refractivity contribution in [3.8, 4) is 11.5 Å². The van der Waals surface area contributed by atoms with Gasteiger partial charge in [0, 0.05) is 25.3 Å². The van der Waals surface area contributed by atoms with Gasteiger partial charge < -0.3 is 19.5 Å². The van der Waals surface area contributed by atoms with Crippen LogP contribution < -0.4 is 9.47 Å². The van der Waals surface area contributed by atoms with Crippen molar-refractivity contribution in [1.82, 2.24) is 4.90 Å². The van der Waals surface area contributed by atoms with E-state index in [1.165, 1.54) is 12.1 Å². The first-order valence-corrected chi connectivity index (χ1v) is 11.8. The van der Waals surface area contributed by atoms with E-state index < -0.39 is 17.8 Å². The average Bonchev–Trinajstić information content (AvgIpc) is 3.34. The molecule has 2 aromatic rings. The molecule has 1 saturated heterocycles. The van der Waals surface area contributed by atoms with Crippen molar-refractivity contribution in [3.05, 3.63) is 59.2 Å². The topological polar surface area (TPSA) is 59.0 Å². The maximum Gasteiger partial charge on any atom is 0.416 e. The van der Waals surface area contributed by atoms with Gasteiger partial charge in [-0.25, -0.2) is 0 Å². The summed E-state index contributed by atoms with van der Waals surface area (Å²) in [5, 5.41) is 11.2. The summed E-state index contributed by atoms with van der Waals surface area (Å²) in [5.41, 5.74) is 0.671. The summed E-state index contributed by atoms with van der Waals surface area (Å²) in [5.74, 6) is 0.934. The number of aliphatic hydroxyl groups is 1. The molecule has 34 heavy (non-hydrogen) atoms. The Bertz CT molecular complexity index is 971. The first-order valence-electron chi connectivity index (χ1n) is 11.8. The van der Waals surface area contributed by atoms with Crippen LogP contribution in [-0.2, 0) is 17.4 Å².